The average molecular weight is 274 g/mol. The third-order valence-electron chi connectivity index (χ3n) is 2.94. The summed E-state index contributed by atoms with van der Waals surface area (Å²) in [6, 6.07) is 3.68. The van der Waals surface area contributed by atoms with Crippen LogP contribution in [0.5, 0.6) is 0 Å². The van der Waals surface area contributed by atoms with E-state index in [9.17, 15) is 18.0 Å². The number of alkyl halides is 3. The van der Waals surface area contributed by atoms with Crippen LogP contribution in [0.25, 0.3) is 0 Å². The van der Waals surface area contributed by atoms with Crippen LogP contribution in [0.2, 0.25) is 0 Å². The Hall–Kier alpha value is -1.56. The summed E-state index contributed by atoms with van der Waals surface area (Å²) < 4.78 is 38.7. The molecule has 1 unspecified atom stereocenters. The Labute approximate surface area is 110 Å². The molecule has 1 aromatic carbocycles. The van der Waals surface area contributed by atoms with E-state index in [0.717, 1.165) is 6.07 Å². The van der Waals surface area contributed by atoms with Gasteiger partial charge in [0.2, 0.25) is 5.91 Å². The van der Waals surface area contributed by atoms with E-state index in [1.54, 1.807) is 13.8 Å². The van der Waals surface area contributed by atoms with Gasteiger partial charge in [0.05, 0.1) is 11.3 Å². The minimum absolute atomic E-state index is 0.0165. The zero-order valence-corrected chi connectivity index (χ0v) is 10.8. The SMILES string of the molecule is CCC(C)C(=O)Nc1ccc(CN)cc1C(F)(F)F. The fourth-order valence-electron chi connectivity index (χ4n) is 1.50. The van der Waals surface area contributed by atoms with Gasteiger partial charge in [-0.05, 0) is 24.1 Å². The number of nitrogens with one attached hydrogen (secondary N) is 1. The van der Waals surface area contributed by atoms with Crippen molar-refractivity contribution in [2.24, 2.45) is 11.7 Å². The van der Waals surface area contributed by atoms with E-state index in [2.05, 4.69) is 5.32 Å². The fraction of sp³-hybridized carbons (Fsp3) is 0.462. The van der Waals surface area contributed by atoms with Crippen molar-refractivity contribution in [1.29, 1.82) is 0 Å². The number of carbonyl (C=O) groups excluding carboxylic acids is 1. The zero-order valence-electron chi connectivity index (χ0n) is 10.8. The first kappa shape index (κ1) is 15.5. The van der Waals surface area contributed by atoms with Gasteiger partial charge in [0.25, 0.3) is 0 Å². The lowest BCUT2D eigenvalue weighted by Crippen LogP contribution is -2.22. The van der Waals surface area contributed by atoms with E-state index >= 15 is 0 Å². The number of halogens is 3. The first-order valence-electron chi connectivity index (χ1n) is 6.00. The molecule has 19 heavy (non-hydrogen) atoms. The maximum Gasteiger partial charge on any atom is 0.418 e. The largest absolute Gasteiger partial charge is 0.418 e. The van der Waals surface area contributed by atoms with E-state index in [-0.39, 0.29) is 18.2 Å². The smallest absolute Gasteiger partial charge is 0.326 e. The molecule has 1 aromatic rings. The maximum absolute atomic E-state index is 12.9. The van der Waals surface area contributed by atoms with Crippen molar-refractivity contribution >= 4 is 11.6 Å². The Kier molecular flexibility index (Phi) is 4.94. The molecule has 0 heterocycles. The highest BCUT2D eigenvalue weighted by atomic mass is 19.4. The Bertz CT molecular complexity index is 458. The highest BCUT2D eigenvalue weighted by Crippen LogP contribution is 2.35. The normalized spacial score (nSPS) is 13.2. The van der Waals surface area contributed by atoms with E-state index in [1.807, 2.05) is 0 Å². The predicted octanol–water partition coefficient (Wildman–Crippen LogP) is 3.15. The first-order chi connectivity index (χ1) is 8.79. The van der Waals surface area contributed by atoms with Gasteiger partial charge in [-0.3, -0.25) is 4.79 Å². The van der Waals surface area contributed by atoms with E-state index < -0.39 is 17.6 Å². The summed E-state index contributed by atoms with van der Waals surface area (Å²) in [7, 11) is 0. The Morgan fingerprint density at radius 1 is 1.42 bits per heavy atom. The average Bonchev–Trinajstić information content (AvgIpc) is 2.36. The van der Waals surface area contributed by atoms with Crippen LogP contribution in [-0.4, -0.2) is 5.91 Å². The summed E-state index contributed by atoms with van der Waals surface area (Å²) in [5, 5.41) is 2.32. The molecule has 6 heteroatoms. The quantitative estimate of drug-likeness (QED) is 0.886. The van der Waals surface area contributed by atoms with Crippen molar-refractivity contribution in [3.8, 4) is 0 Å². The Morgan fingerprint density at radius 2 is 2.05 bits per heavy atom. The third kappa shape index (κ3) is 3.96. The van der Waals surface area contributed by atoms with Crippen molar-refractivity contribution in [2.75, 3.05) is 5.32 Å². The lowest BCUT2D eigenvalue weighted by molar-refractivity contribution is -0.137. The van der Waals surface area contributed by atoms with Gasteiger partial charge in [-0.25, -0.2) is 0 Å². The number of carbonyl (C=O) groups is 1. The lowest BCUT2D eigenvalue weighted by atomic mass is 10.1. The third-order valence-corrected chi connectivity index (χ3v) is 2.94. The molecule has 1 rings (SSSR count). The molecule has 0 bridgehead atoms. The number of rotatable bonds is 4. The molecule has 0 fully saturated rings. The molecule has 0 saturated heterocycles. The summed E-state index contributed by atoms with van der Waals surface area (Å²) in [6.45, 7) is 3.48. The topological polar surface area (TPSA) is 55.1 Å². The van der Waals surface area contributed by atoms with Gasteiger partial charge in [-0.15, -0.1) is 0 Å². The minimum Gasteiger partial charge on any atom is -0.326 e. The maximum atomic E-state index is 12.9. The molecule has 1 atom stereocenters. The Morgan fingerprint density at radius 3 is 2.53 bits per heavy atom. The van der Waals surface area contributed by atoms with Crippen LogP contribution < -0.4 is 11.1 Å². The van der Waals surface area contributed by atoms with Crippen molar-refractivity contribution in [1.82, 2.24) is 0 Å². The van der Waals surface area contributed by atoms with Gasteiger partial charge in [0, 0.05) is 12.5 Å². The molecule has 3 N–H and O–H groups in total. The second-order valence-electron chi connectivity index (χ2n) is 4.38. The Balaban J connectivity index is 3.10. The lowest BCUT2D eigenvalue weighted by Gasteiger charge is -2.16. The number of anilines is 1. The summed E-state index contributed by atoms with van der Waals surface area (Å²) in [4.78, 5) is 11.7. The van der Waals surface area contributed by atoms with Crippen molar-refractivity contribution in [3.63, 3.8) is 0 Å². The van der Waals surface area contributed by atoms with Crippen molar-refractivity contribution in [2.45, 2.75) is 33.0 Å². The monoisotopic (exact) mass is 274 g/mol. The fourth-order valence-corrected chi connectivity index (χ4v) is 1.50. The van der Waals surface area contributed by atoms with E-state index in [1.165, 1.54) is 12.1 Å². The molecule has 0 spiro atoms. The summed E-state index contributed by atoms with van der Waals surface area (Å²) in [6.07, 6.45) is -3.96. The number of amides is 1. The zero-order chi connectivity index (χ0) is 14.6. The highest BCUT2D eigenvalue weighted by molar-refractivity contribution is 5.93. The van der Waals surface area contributed by atoms with Gasteiger partial charge in [-0.2, -0.15) is 13.2 Å². The number of benzene rings is 1. The van der Waals surface area contributed by atoms with Crippen molar-refractivity contribution < 1.29 is 18.0 Å². The van der Waals surface area contributed by atoms with Gasteiger partial charge < -0.3 is 11.1 Å². The molecule has 3 nitrogen and oxygen atoms in total. The first-order valence-corrected chi connectivity index (χ1v) is 6.00. The standard InChI is InChI=1S/C13H17F3N2O/c1-3-8(2)12(19)18-11-5-4-9(7-17)6-10(11)13(14,15)16/h4-6,8H,3,7,17H2,1-2H3,(H,18,19). The molecule has 0 radical (unpaired) electrons. The van der Waals surface area contributed by atoms with Crippen LogP contribution >= 0.6 is 0 Å². The molecular weight excluding hydrogens is 257 g/mol. The summed E-state index contributed by atoms with van der Waals surface area (Å²) in [5.41, 5.74) is 4.60. The van der Waals surface area contributed by atoms with Gasteiger partial charge in [0.15, 0.2) is 0 Å². The van der Waals surface area contributed by atoms with Crippen LogP contribution in [0.15, 0.2) is 18.2 Å². The van der Waals surface area contributed by atoms with Crippen LogP contribution in [0.4, 0.5) is 18.9 Å². The molecule has 1 amide bonds. The minimum atomic E-state index is -4.52. The van der Waals surface area contributed by atoms with Crippen molar-refractivity contribution in [3.05, 3.63) is 29.3 Å². The summed E-state index contributed by atoms with van der Waals surface area (Å²) >= 11 is 0. The second kappa shape index (κ2) is 6.06. The van der Waals surface area contributed by atoms with E-state index in [0.29, 0.717) is 12.0 Å². The molecular formula is C13H17F3N2O. The second-order valence-corrected chi connectivity index (χ2v) is 4.38. The van der Waals surface area contributed by atoms with Crippen LogP contribution in [0.1, 0.15) is 31.4 Å². The molecule has 0 aromatic heterocycles. The highest BCUT2D eigenvalue weighted by Gasteiger charge is 2.34. The molecule has 0 saturated carbocycles. The number of hydrogen-bond acceptors (Lipinski definition) is 2. The van der Waals surface area contributed by atoms with Gasteiger partial charge in [0.1, 0.15) is 0 Å². The molecule has 0 aliphatic rings. The predicted molar refractivity (Wildman–Crippen MR) is 67.4 cm³/mol. The van der Waals surface area contributed by atoms with Gasteiger partial charge in [-0.1, -0.05) is 19.9 Å². The van der Waals surface area contributed by atoms with E-state index in [4.69, 9.17) is 5.73 Å². The molecule has 106 valence electrons. The number of nitrogens with two attached hydrogens (primary N) is 1. The molecule has 0 aliphatic heterocycles. The van der Waals surface area contributed by atoms with Crippen LogP contribution in [0.3, 0.4) is 0 Å². The molecule has 0 aliphatic carbocycles. The van der Waals surface area contributed by atoms with Crippen LogP contribution in [0, 0.1) is 5.92 Å². The summed E-state index contributed by atoms with van der Waals surface area (Å²) in [5.74, 6) is -0.760. The number of hydrogen-bond donors (Lipinski definition) is 2. The van der Waals surface area contributed by atoms with Crippen LogP contribution in [-0.2, 0) is 17.5 Å². The van der Waals surface area contributed by atoms with Gasteiger partial charge >= 0.3 is 6.18 Å².